The van der Waals surface area contributed by atoms with Crippen molar-refractivity contribution in [2.24, 2.45) is 29.6 Å². The van der Waals surface area contributed by atoms with Crippen LogP contribution in [0, 0.1) is 34.8 Å². The van der Waals surface area contributed by atoms with Gasteiger partial charge in [0.2, 0.25) is 11.8 Å². The number of nitrogens with one attached hydrogen (secondary N) is 1. The molecule has 1 aromatic carbocycles. The van der Waals surface area contributed by atoms with Gasteiger partial charge in [0.05, 0.1) is 0 Å². The van der Waals surface area contributed by atoms with Gasteiger partial charge < -0.3 is 19.6 Å². The fourth-order valence-electron chi connectivity index (χ4n) is 5.55. The molecule has 186 valence electrons. The Bertz CT molecular complexity index is 948. The Morgan fingerprint density at radius 2 is 1.88 bits per heavy atom. The maximum Gasteiger partial charge on any atom is 0.247 e. The third-order valence-electron chi connectivity index (χ3n) is 7.78. The molecule has 1 fully saturated rings. The van der Waals surface area contributed by atoms with Crippen LogP contribution in [-0.2, 0) is 6.42 Å². The van der Waals surface area contributed by atoms with Gasteiger partial charge in [0.15, 0.2) is 5.69 Å². The number of piperidine rings is 1. The highest BCUT2D eigenvalue weighted by molar-refractivity contribution is 5.55. The number of hydrogen-bond acceptors (Lipinski definition) is 7. The van der Waals surface area contributed by atoms with Gasteiger partial charge in [-0.25, -0.2) is 5.21 Å². The summed E-state index contributed by atoms with van der Waals surface area (Å²) in [6.45, 7) is 10.5. The van der Waals surface area contributed by atoms with Crippen LogP contribution in [0.4, 0.5) is 5.69 Å². The minimum atomic E-state index is -0.954. The predicted octanol–water partition coefficient (Wildman–Crippen LogP) is 3.24. The molecule has 2 aromatic rings. The van der Waals surface area contributed by atoms with E-state index < -0.39 is 5.23 Å². The lowest BCUT2D eigenvalue weighted by atomic mass is 9.69. The minimum Gasteiger partial charge on any atom is -0.595 e. The first-order valence-corrected chi connectivity index (χ1v) is 12.5. The normalized spacial score (nSPS) is 25.5. The fourth-order valence-corrected chi connectivity index (χ4v) is 5.55. The van der Waals surface area contributed by atoms with Gasteiger partial charge in [-0.15, -0.1) is 10.2 Å². The van der Waals surface area contributed by atoms with E-state index in [9.17, 15) is 10.3 Å². The summed E-state index contributed by atoms with van der Waals surface area (Å²) >= 11 is 0. The molecule has 34 heavy (non-hydrogen) atoms. The summed E-state index contributed by atoms with van der Waals surface area (Å²) in [7, 11) is 0. The van der Waals surface area contributed by atoms with E-state index in [0.717, 1.165) is 50.9 Å². The molecule has 3 N–H and O–H groups in total. The van der Waals surface area contributed by atoms with Gasteiger partial charge in [-0.05, 0) is 81.0 Å². The number of allylic oxidation sites excluding steroid dienone is 1. The SMILES string of the molecule is CC1=C[C@@H](CN2CCC(CO)CC2)[C@H](C(C)C)C[C@H]1Cc1nnc(-c2ccc([NH+]([O-])O)cc2)o1. The van der Waals surface area contributed by atoms with Crippen molar-refractivity contribution in [1.29, 1.82) is 0 Å². The lowest BCUT2D eigenvalue weighted by Gasteiger charge is -2.40. The molecular formula is C26H38N4O4. The summed E-state index contributed by atoms with van der Waals surface area (Å²) in [6, 6.07) is 6.51. The van der Waals surface area contributed by atoms with Gasteiger partial charge >= 0.3 is 0 Å². The van der Waals surface area contributed by atoms with Crippen molar-refractivity contribution in [3.63, 3.8) is 0 Å². The molecule has 0 amide bonds. The van der Waals surface area contributed by atoms with Crippen LogP contribution in [0.5, 0.6) is 0 Å². The quantitative estimate of drug-likeness (QED) is 0.401. The van der Waals surface area contributed by atoms with E-state index in [1.54, 1.807) is 24.3 Å². The summed E-state index contributed by atoms with van der Waals surface area (Å²) in [5.41, 5.74) is 2.36. The third-order valence-corrected chi connectivity index (χ3v) is 7.78. The highest BCUT2D eigenvalue weighted by Crippen LogP contribution is 2.39. The maximum atomic E-state index is 11.1. The highest BCUT2D eigenvalue weighted by atomic mass is 16.8. The second kappa shape index (κ2) is 11.1. The van der Waals surface area contributed by atoms with Crippen LogP contribution in [0.1, 0.15) is 45.9 Å². The Kier molecular flexibility index (Phi) is 8.16. The van der Waals surface area contributed by atoms with Crippen molar-refractivity contribution in [3.8, 4) is 11.5 Å². The second-order valence-corrected chi connectivity index (χ2v) is 10.4. The number of aliphatic hydroxyl groups excluding tert-OH is 1. The van der Waals surface area contributed by atoms with Crippen LogP contribution in [0.2, 0.25) is 0 Å². The Morgan fingerprint density at radius 3 is 2.50 bits per heavy atom. The van der Waals surface area contributed by atoms with Crippen LogP contribution < -0.4 is 5.23 Å². The number of aromatic nitrogens is 2. The van der Waals surface area contributed by atoms with Crippen molar-refractivity contribution in [2.75, 3.05) is 26.2 Å². The van der Waals surface area contributed by atoms with Gasteiger partial charge in [-0.3, -0.25) is 0 Å². The average molecular weight is 471 g/mol. The lowest BCUT2D eigenvalue weighted by molar-refractivity contribution is -0.991. The molecule has 0 radical (unpaired) electrons. The van der Waals surface area contributed by atoms with E-state index in [1.807, 2.05) is 0 Å². The number of nitrogens with zero attached hydrogens (tertiary/aromatic N) is 3. The summed E-state index contributed by atoms with van der Waals surface area (Å²) in [5, 5.41) is 37.1. The maximum absolute atomic E-state index is 11.1. The molecule has 1 aliphatic carbocycles. The monoisotopic (exact) mass is 470 g/mol. The number of aliphatic hydroxyl groups is 1. The molecule has 0 spiro atoms. The average Bonchev–Trinajstić information content (AvgIpc) is 3.29. The predicted molar refractivity (Wildman–Crippen MR) is 129 cm³/mol. The molecule has 4 rings (SSSR count). The molecule has 0 saturated carbocycles. The summed E-state index contributed by atoms with van der Waals surface area (Å²) < 4.78 is 5.96. The van der Waals surface area contributed by atoms with E-state index in [0.29, 0.717) is 48.0 Å². The zero-order valence-corrected chi connectivity index (χ0v) is 20.5. The fraction of sp³-hybridized carbons (Fsp3) is 0.615. The van der Waals surface area contributed by atoms with Gasteiger partial charge in [0.1, 0.15) is 0 Å². The zero-order chi connectivity index (χ0) is 24.2. The van der Waals surface area contributed by atoms with Crippen molar-refractivity contribution >= 4 is 5.69 Å². The van der Waals surface area contributed by atoms with Gasteiger partial charge in [0, 0.05) is 37.3 Å². The molecule has 1 aromatic heterocycles. The summed E-state index contributed by atoms with van der Waals surface area (Å²) in [6.07, 6.45) is 6.51. The molecule has 2 heterocycles. The van der Waals surface area contributed by atoms with Crippen molar-refractivity contribution in [3.05, 3.63) is 47.0 Å². The van der Waals surface area contributed by atoms with Crippen LogP contribution in [0.15, 0.2) is 40.3 Å². The van der Waals surface area contributed by atoms with Crippen LogP contribution in [-0.4, -0.2) is 51.7 Å². The molecular weight excluding hydrogens is 432 g/mol. The van der Waals surface area contributed by atoms with Gasteiger partial charge in [0.25, 0.3) is 0 Å². The lowest BCUT2D eigenvalue weighted by Crippen LogP contribution is -2.99. The molecule has 8 nitrogen and oxygen atoms in total. The Morgan fingerprint density at radius 1 is 1.18 bits per heavy atom. The molecule has 1 unspecified atom stereocenters. The largest absolute Gasteiger partial charge is 0.595 e. The van der Waals surface area contributed by atoms with Gasteiger partial charge in [-0.2, -0.15) is 5.23 Å². The molecule has 2 aliphatic rings. The summed E-state index contributed by atoms with van der Waals surface area (Å²) in [4.78, 5) is 2.58. The number of likely N-dealkylation sites (tertiary alicyclic amines) is 1. The van der Waals surface area contributed by atoms with E-state index in [2.05, 4.69) is 41.9 Å². The van der Waals surface area contributed by atoms with Gasteiger partial charge in [-0.1, -0.05) is 25.5 Å². The molecule has 4 atom stereocenters. The number of hydrogen-bond donors (Lipinski definition) is 3. The Hall–Kier alpha value is -2.10. The van der Waals surface area contributed by atoms with Crippen molar-refractivity contribution in [2.45, 2.75) is 46.5 Å². The minimum absolute atomic E-state index is 0.235. The smallest absolute Gasteiger partial charge is 0.247 e. The Labute approximate surface area is 201 Å². The zero-order valence-electron chi connectivity index (χ0n) is 20.5. The third kappa shape index (κ3) is 5.93. The molecule has 1 aliphatic heterocycles. The highest BCUT2D eigenvalue weighted by Gasteiger charge is 2.34. The van der Waals surface area contributed by atoms with Crippen LogP contribution in [0.25, 0.3) is 11.5 Å². The number of benzene rings is 1. The topological polar surface area (TPSA) is 110 Å². The van der Waals surface area contributed by atoms with Crippen molar-refractivity contribution in [1.82, 2.24) is 15.1 Å². The van der Waals surface area contributed by atoms with Crippen molar-refractivity contribution < 1.29 is 20.0 Å². The number of rotatable bonds is 8. The van der Waals surface area contributed by atoms with Crippen LogP contribution in [0.3, 0.4) is 0 Å². The second-order valence-electron chi connectivity index (χ2n) is 10.4. The molecule has 8 heteroatoms. The van der Waals surface area contributed by atoms with Crippen LogP contribution >= 0.6 is 0 Å². The Balaban J connectivity index is 1.41. The van der Waals surface area contributed by atoms with E-state index in [1.165, 1.54) is 5.57 Å². The first-order valence-electron chi connectivity index (χ1n) is 12.5. The standard InChI is InChI=1S/C26H38N4O4/c1-17(2)24-13-21(18(3)12-22(24)15-29-10-8-19(16-31)9-11-29)14-25-27-28-26(34-25)20-4-6-23(7-5-20)30(32)33/h4-7,12,17,19,21-22,24,30-32H,8-11,13-16H2,1-3H3/t21-,22-,24-/m0/s1. The molecule has 1 saturated heterocycles. The first kappa shape index (κ1) is 25.0. The van der Waals surface area contributed by atoms with E-state index in [-0.39, 0.29) is 5.69 Å². The number of quaternary nitrogens is 1. The van der Waals surface area contributed by atoms with E-state index >= 15 is 0 Å². The summed E-state index contributed by atoms with van der Waals surface area (Å²) in [5.74, 6) is 3.66. The first-order chi connectivity index (χ1) is 16.3. The van der Waals surface area contributed by atoms with E-state index in [4.69, 9.17) is 9.62 Å². The molecule has 0 bridgehead atoms.